The van der Waals surface area contributed by atoms with Gasteiger partial charge in [0.2, 0.25) is 0 Å². The van der Waals surface area contributed by atoms with E-state index in [1.165, 1.54) is 6.08 Å². The van der Waals surface area contributed by atoms with E-state index in [-0.39, 0.29) is 0 Å². The maximum Gasteiger partial charge on any atom is 0.277 e. The van der Waals surface area contributed by atoms with Crippen LogP contribution in [0.5, 0.6) is 5.75 Å². The molecular formula is C9H8Cl2O. The Morgan fingerprint density at radius 2 is 1.83 bits per heavy atom. The Morgan fingerprint density at radius 3 is 2.33 bits per heavy atom. The number of para-hydroxylation sites is 1. The molecule has 1 aromatic rings. The lowest BCUT2D eigenvalue weighted by Gasteiger charge is -2.16. The summed E-state index contributed by atoms with van der Waals surface area (Å²) in [4.78, 5) is 0. The molecule has 12 heavy (non-hydrogen) atoms. The molecule has 0 fully saturated rings. The predicted molar refractivity (Wildman–Crippen MR) is 51.7 cm³/mol. The summed E-state index contributed by atoms with van der Waals surface area (Å²) in [7, 11) is 0. The molecule has 3 heteroatoms. The van der Waals surface area contributed by atoms with Gasteiger partial charge in [0.1, 0.15) is 5.75 Å². The van der Waals surface area contributed by atoms with Gasteiger partial charge in [-0.1, -0.05) is 48.0 Å². The van der Waals surface area contributed by atoms with Crippen molar-refractivity contribution in [2.45, 2.75) is 4.52 Å². The maximum atomic E-state index is 5.68. The first-order valence-electron chi connectivity index (χ1n) is 3.39. The molecule has 0 bridgehead atoms. The fourth-order valence-corrected chi connectivity index (χ4v) is 0.866. The fourth-order valence-electron chi connectivity index (χ4n) is 0.687. The summed E-state index contributed by atoms with van der Waals surface area (Å²) >= 11 is 11.4. The van der Waals surface area contributed by atoms with Gasteiger partial charge in [0.15, 0.2) is 0 Å². The molecule has 0 aromatic heterocycles. The molecule has 0 atom stereocenters. The highest BCUT2D eigenvalue weighted by Crippen LogP contribution is 2.26. The first-order valence-corrected chi connectivity index (χ1v) is 4.15. The molecule has 0 heterocycles. The fraction of sp³-hybridized carbons (Fsp3) is 0.111. The number of hydrogen-bond donors (Lipinski definition) is 0. The molecule has 64 valence electrons. The zero-order valence-corrected chi connectivity index (χ0v) is 7.85. The first-order chi connectivity index (χ1) is 5.64. The van der Waals surface area contributed by atoms with Gasteiger partial charge >= 0.3 is 0 Å². The molecule has 0 saturated carbocycles. The van der Waals surface area contributed by atoms with Crippen LogP contribution in [0.2, 0.25) is 0 Å². The second-order valence-corrected chi connectivity index (χ2v) is 3.50. The molecule has 0 unspecified atom stereocenters. The molecule has 0 radical (unpaired) electrons. The minimum absolute atomic E-state index is 0.613. The zero-order valence-electron chi connectivity index (χ0n) is 6.34. The number of halogens is 2. The summed E-state index contributed by atoms with van der Waals surface area (Å²) in [6.45, 7) is 3.44. The molecule has 0 amide bonds. The summed E-state index contributed by atoms with van der Waals surface area (Å²) in [6.07, 6.45) is 1.32. The van der Waals surface area contributed by atoms with Crippen LogP contribution in [0.15, 0.2) is 43.0 Å². The highest BCUT2D eigenvalue weighted by molar-refractivity contribution is 6.48. The van der Waals surface area contributed by atoms with Crippen LogP contribution in [0, 0.1) is 0 Å². The molecule has 0 spiro atoms. The molecule has 1 rings (SSSR count). The Bertz CT molecular complexity index is 256. The molecule has 0 aliphatic heterocycles. The van der Waals surface area contributed by atoms with E-state index in [4.69, 9.17) is 27.9 Å². The van der Waals surface area contributed by atoms with Crippen molar-refractivity contribution < 1.29 is 4.74 Å². The van der Waals surface area contributed by atoms with Gasteiger partial charge in [-0.3, -0.25) is 0 Å². The number of hydrogen-bond acceptors (Lipinski definition) is 1. The zero-order chi connectivity index (χ0) is 9.03. The monoisotopic (exact) mass is 202 g/mol. The molecule has 0 aliphatic rings. The number of benzene rings is 1. The second kappa shape index (κ2) is 3.83. The van der Waals surface area contributed by atoms with E-state index in [0.717, 1.165) is 0 Å². The summed E-state index contributed by atoms with van der Waals surface area (Å²) in [5.74, 6) is 0.613. The van der Waals surface area contributed by atoms with Crippen molar-refractivity contribution in [2.24, 2.45) is 0 Å². The molecule has 1 nitrogen and oxygen atoms in total. The van der Waals surface area contributed by atoms with Crippen LogP contribution in [-0.4, -0.2) is 4.52 Å². The van der Waals surface area contributed by atoms with E-state index in [1.807, 2.05) is 18.2 Å². The van der Waals surface area contributed by atoms with Crippen LogP contribution >= 0.6 is 23.2 Å². The summed E-state index contributed by atoms with van der Waals surface area (Å²) in [6, 6.07) is 9.08. The number of rotatable bonds is 3. The van der Waals surface area contributed by atoms with Crippen LogP contribution in [-0.2, 0) is 0 Å². The average molecular weight is 203 g/mol. The van der Waals surface area contributed by atoms with E-state index in [0.29, 0.717) is 5.75 Å². The summed E-state index contributed by atoms with van der Waals surface area (Å²) in [5, 5.41) is 0. The van der Waals surface area contributed by atoms with Crippen LogP contribution < -0.4 is 4.74 Å². The Balaban J connectivity index is 2.70. The van der Waals surface area contributed by atoms with E-state index in [2.05, 4.69) is 6.58 Å². The third kappa shape index (κ3) is 2.76. The largest absolute Gasteiger partial charge is 0.454 e. The number of ether oxygens (including phenoxy) is 1. The minimum atomic E-state index is -1.35. The van der Waals surface area contributed by atoms with Crippen molar-refractivity contribution >= 4 is 23.2 Å². The van der Waals surface area contributed by atoms with Crippen molar-refractivity contribution in [3.8, 4) is 5.75 Å². The Hall–Kier alpha value is -0.660. The van der Waals surface area contributed by atoms with Crippen LogP contribution in [0.25, 0.3) is 0 Å². The van der Waals surface area contributed by atoms with E-state index in [9.17, 15) is 0 Å². The lowest BCUT2D eigenvalue weighted by Crippen LogP contribution is -2.17. The van der Waals surface area contributed by atoms with Gasteiger partial charge in [-0.2, -0.15) is 0 Å². The molecule has 0 aliphatic carbocycles. The normalized spacial score (nSPS) is 10.8. The molecule has 1 aromatic carbocycles. The lowest BCUT2D eigenvalue weighted by atomic mass is 10.3. The number of alkyl halides is 2. The molecular weight excluding hydrogens is 195 g/mol. The van der Waals surface area contributed by atoms with Crippen molar-refractivity contribution in [2.75, 3.05) is 0 Å². The Kier molecular flexibility index (Phi) is 3.01. The van der Waals surface area contributed by atoms with Crippen LogP contribution in [0.3, 0.4) is 0 Å². The topological polar surface area (TPSA) is 9.23 Å². The van der Waals surface area contributed by atoms with Crippen molar-refractivity contribution in [3.05, 3.63) is 43.0 Å². The van der Waals surface area contributed by atoms with Crippen LogP contribution in [0.1, 0.15) is 0 Å². The predicted octanol–water partition coefficient (Wildman–Crippen LogP) is 3.38. The molecule has 0 N–H and O–H groups in total. The maximum absolute atomic E-state index is 5.68. The van der Waals surface area contributed by atoms with Gasteiger partial charge in [0, 0.05) is 0 Å². The quantitative estimate of drug-likeness (QED) is 0.540. The van der Waals surface area contributed by atoms with Gasteiger partial charge in [0.25, 0.3) is 4.52 Å². The molecule has 0 saturated heterocycles. The summed E-state index contributed by atoms with van der Waals surface area (Å²) in [5.41, 5.74) is 0. The van der Waals surface area contributed by atoms with Crippen molar-refractivity contribution in [1.29, 1.82) is 0 Å². The highest BCUT2D eigenvalue weighted by Gasteiger charge is 2.20. The SMILES string of the molecule is C=CC(Cl)(Cl)Oc1ccccc1. The van der Waals surface area contributed by atoms with E-state index >= 15 is 0 Å². The van der Waals surface area contributed by atoms with Crippen molar-refractivity contribution in [1.82, 2.24) is 0 Å². The Morgan fingerprint density at radius 1 is 1.25 bits per heavy atom. The van der Waals surface area contributed by atoms with Gasteiger partial charge in [-0.05, 0) is 18.2 Å². The third-order valence-corrected chi connectivity index (χ3v) is 1.70. The van der Waals surface area contributed by atoms with E-state index in [1.54, 1.807) is 12.1 Å². The minimum Gasteiger partial charge on any atom is -0.454 e. The average Bonchev–Trinajstić information content (AvgIpc) is 2.06. The lowest BCUT2D eigenvalue weighted by molar-refractivity contribution is 0.290. The smallest absolute Gasteiger partial charge is 0.277 e. The summed E-state index contributed by atoms with van der Waals surface area (Å²) < 4.78 is 3.82. The van der Waals surface area contributed by atoms with Gasteiger partial charge < -0.3 is 4.74 Å². The van der Waals surface area contributed by atoms with E-state index < -0.39 is 4.52 Å². The standard InChI is InChI=1S/C9H8Cl2O/c1-2-9(10,11)12-8-6-4-3-5-7-8/h2-7H,1H2. The first kappa shape index (κ1) is 9.43. The third-order valence-electron chi connectivity index (χ3n) is 1.23. The van der Waals surface area contributed by atoms with Crippen LogP contribution in [0.4, 0.5) is 0 Å². The van der Waals surface area contributed by atoms with Gasteiger partial charge in [-0.15, -0.1) is 0 Å². The second-order valence-electron chi connectivity index (χ2n) is 2.18. The van der Waals surface area contributed by atoms with Gasteiger partial charge in [0.05, 0.1) is 0 Å². The van der Waals surface area contributed by atoms with Gasteiger partial charge in [-0.25, -0.2) is 0 Å². The van der Waals surface area contributed by atoms with Crippen molar-refractivity contribution in [3.63, 3.8) is 0 Å². The highest BCUT2D eigenvalue weighted by atomic mass is 35.5. The Labute approximate surface area is 81.6 Å².